The fourth-order valence-corrected chi connectivity index (χ4v) is 2.15. The fraction of sp³-hybridized carbons (Fsp3) is 0.857. The minimum Gasteiger partial charge on any atom is -0.465 e. The third-order valence-corrected chi connectivity index (χ3v) is 3.20. The second-order valence-corrected chi connectivity index (χ2v) is 4.87. The van der Waals surface area contributed by atoms with Crippen molar-refractivity contribution in [1.82, 2.24) is 0 Å². The van der Waals surface area contributed by atoms with Crippen molar-refractivity contribution in [2.24, 2.45) is 0 Å². The SMILES string of the molecule is O=C1CCCCCCCCCCCOC(=O)C1. The lowest BCUT2D eigenvalue weighted by Crippen LogP contribution is -2.11. The number of hydrogen-bond acceptors (Lipinski definition) is 3. The largest absolute Gasteiger partial charge is 0.465 e. The monoisotopic (exact) mass is 240 g/mol. The van der Waals surface area contributed by atoms with Gasteiger partial charge in [-0.25, -0.2) is 0 Å². The van der Waals surface area contributed by atoms with Gasteiger partial charge in [-0.05, 0) is 12.8 Å². The van der Waals surface area contributed by atoms with Gasteiger partial charge in [0.15, 0.2) is 0 Å². The van der Waals surface area contributed by atoms with E-state index in [1.165, 1.54) is 32.1 Å². The molecule has 0 amide bonds. The van der Waals surface area contributed by atoms with Crippen molar-refractivity contribution in [1.29, 1.82) is 0 Å². The minimum absolute atomic E-state index is 0.0278. The highest BCUT2D eigenvalue weighted by Crippen LogP contribution is 2.12. The molecule has 0 aromatic heterocycles. The van der Waals surface area contributed by atoms with E-state index < -0.39 is 0 Å². The Morgan fingerprint density at radius 2 is 1.24 bits per heavy atom. The Bertz CT molecular complexity index is 212. The maximum atomic E-state index is 11.4. The minimum atomic E-state index is -0.343. The van der Waals surface area contributed by atoms with Crippen LogP contribution in [0, 0.1) is 0 Å². The molecule has 1 aliphatic heterocycles. The summed E-state index contributed by atoms with van der Waals surface area (Å²) < 4.78 is 5.03. The van der Waals surface area contributed by atoms with Crippen LogP contribution in [0.2, 0.25) is 0 Å². The number of ketones is 1. The van der Waals surface area contributed by atoms with E-state index in [4.69, 9.17) is 4.74 Å². The maximum Gasteiger partial charge on any atom is 0.313 e. The molecule has 0 bridgehead atoms. The molecule has 0 atom stereocenters. The van der Waals surface area contributed by atoms with Gasteiger partial charge in [0, 0.05) is 6.42 Å². The van der Waals surface area contributed by atoms with Gasteiger partial charge in [0.2, 0.25) is 0 Å². The first kappa shape index (κ1) is 14.2. The molecule has 0 unspecified atom stereocenters. The van der Waals surface area contributed by atoms with Crippen LogP contribution >= 0.6 is 0 Å². The molecule has 0 spiro atoms. The highest BCUT2D eigenvalue weighted by Gasteiger charge is 2.10. The quantitative estimate of drug-likeness (QED) is 0.481. The van der Waals surface area contributed by atoms with Crippen LogP contribution in [0.5, 0.6) is 0 Å². The molecule has 3 heteroatoms. The standard InChI is InChI=1S/C14H24O3/c15-13-10-8-6-4-2-1-3-5-7-9-11-17-14(16)12-13/h1-12H2. The van der Waals surface area contributed by atoms with Crippen LogP contribution in [0.1, 0.15) is 70.6 Å². The second-order valence-electron chi connectivity index (χ2n) is 4.87. The van der Waals surface area contributed by atoms with Crippen molar-refractivity contribution >= 4 is 11.8 Å². The van der Waals surface area contributed by atoms with Gasteiger partial charge in [-0.1, -0.05) is 44.9 Å². The predicted molar refractivity (Wildman–Crippen MR) is 66.8 cm³/mol. The number of carbonyl (C=O) groups excluding carboxylic acids is 2. The van der Waals surface area contributed by atoms with Crippen LogP contribution in [0.15, 0.2) is 0 Å². The summed E-state index contributed by atoms with van der Waals surface area (Å²) in [5.74, 6) is -0.310. The van der Waals surface area contributed by atoms with Crippen LogP contribution in [0.25, 0.3) is 0 Å². The molecule has 0 saturated carbocycles. The molecule has 0 aromatic carbocycles. The Morgan fingerprint density at radius 1 is 0.706 bits per heavy atom. The van der Waals surface area contributed by atoms with Crippen molar-refractivity contribution in [3.05, 3.63) is 0 Å². The summed E-state index contributed by atoms with van der Waals surface area (Å²) in [6, 6.07) is 0. The van der Waals surface area contributed by atoms with E-state index in [1.807, 2.05) is 0 Å². The molecule has 17 heavy (non-hydrogen) atoms. The average molecular weight is 240 g/mol. The van der Waals surface area contributed by atoms with E-state index in [1.54, 1.807) is 0 Å². The molecule has 0 radical (unpaired) electrons. The lowest BCUT2D eigenvalue weighted by molar-refractivity contribution is -0.146. The number of Topliss-reactive ketones (excluding diaryl/α,β-unsaturated/α-hetero) is 1. The zero-order valence-corrected chi connectivity index (χ0v) is 10.7. The molecule has 1 saturated heterocycles. The normalized spacial score (nSPS) is 22.4. The van der Waals surface area contributed by atoms with Crippen LogP contribution in [-0.4, -0.2) is 18.4 Å². The van der Waals surface area contributed by atoms with Gasteiger partial charge in [0.05, 0.1) is 6.61 Å². The highest BCUT2D eigenvalue weighted by atomic mass is 16.5. The van der Waals surface area contributed by atoms with Crippen molar-refractivity contribution in [2.45, 2.75) is 70.6 Å². The van der Waals surface area contributed by atoms with Gasteiger partial charge in [-0.2, -0.15) is 0 Å². The summed E-state index contributed by atoms with van der Waals surface area (Å²) in [7, 11) is 0. The summed E-state index contributed by atoms with van der Waals surface area (Å²) >= 11 is 0. The number of carbonyl (C=O) groups is 2. The highest BCUT2D eigenvalue weighted by molar-refractivity contribution is 5.95. The Kier molecular flexibility index (Phi) is 7.69. The molecule has 1 heterocycles. The van der Waals surface area contributed by atoms with Crippen LogP contribution in [0.4, 0.5) is 0 Å². The molecule has 98 valence electrons. The Labute approximate surface area is 104 Å². The van der Waals surface area contributed by atoms with Crippen molar-refractivity contribution in [3.63, 3.8) is 0 Å². The smallest absolute Gasteiger partial charge is 0.313 e. The molecule has 3 nitrogen and oxygen atoms in total. The average Bonchev–Trinajstić information content (AvgIpc) is 2.30. The van der Waals surface area contributed by atoms with E-state index in [9.17, 15) is 9.59 Å². The summed E-state index contributed by atoms with van der Waals surface area (Å²) in [5.41, 5.74) is 0. The van der Waals surface area contributed by atoms with Gasteiger partial charge >= 0.3 is 5.97 Å². The van der Waals surface area contributed by atoms with E-state index in [2.05, 4.69) is 0 Å². The lowest BCUT2D eigenvalue weighted by Gasteiger charge is -2.03. The predicted octanol–water partition coefficient (Wildman–Crippen LogP) is 3.40. The third kappa shape index (κ3) is 7.94. The van der Waals surface area contributed by atoms with Crippen LogP contribution in [0.3, 0.4) is 0 Å². The summed E-state index contributed by atoms with van der Waals surface area (Å²) in [6.45, 7) is 0.478. The number of cyclic esters (lactones) is 1. The van der Waals surface area contributed by atoms with Crippen molar-refractivity contribution in [3.8, 4) is 0 Å². The fourth-order valence-electron chi connectivity index (χ4n) is 2.15. The van der Waals surface area contributed by atoms with Gasteiger partial charge in [0.25, 0.3) is 0 Å². The van der Waals surface area contributed by atoms with Gasteiger partial charge in [-0.3, -0.25) is 9.59 Å². The van der Waals surface area contributed by atoms with Crippen molar-refractivity contribution in [2.75, 3.05) is 6.61 Å². The van der Waals surface area contributed by atoms with E-state index in [-0.39, 0.29) is 18.2 Å². The molecule has 1 fully saturated rings. The number of rotatable bonds is 0. The Balaban J connectivity index is 2.26. The van der Waals surface area contributed by atoms with Crippen molar-refractivity contribution < 1.29 is 14.3 Å². The van der Waals surface area contributed by atoms with Gasteiger partial charge in [0.1, 0.15) is 12.2 Å². The first-order chi connectivity index (χ1) is 8.29. The number of esters is 1. The first-order valence-electron chi connectivity index (χ1n) is 6.96. The second kappa shape index (κ2) is 9.20. The summed E-state index contributed by atoms with van der Waals surface area (Å²) in [4.78, 5) is 22.7. The van der Waals surface area contributed by atoms with Gasteiger partial charge < -0.3 is 4.74 Å². The summed E-state index contributed by atoms with van der Waals surface area (Å²) in [5, 5.41) is 0. The molecule has 1 rings (SSSR count). The molecule has 1 aliphatic rings. The van der Waals surface area contributed by atoms with E-state index >= 15 is 0 Å². The topological polar surface area (TPSA) is 43.4 Å². The molecular weight excluding hydrogens is 216 g/mol. The van der Waals surface area contributed by atoms with Crippen LogP contribution in [-0.2, 0) is 14.3 Å². The number of hydrogen-bond donors (Lipinski definition) is 0. The van der Waals surface area contributed by atoms with E-state index in [0.717, 1.165) is 25.7 Å². The first-order valence-corrected chi connectivity index (χ1v) is 6.96. The van der Waals surface area contributed by atoms with Crippen LogP contribution < -0.4 is 0 Å². The molecular formula is C14H24O3. The summed E-state index contributed by atoms with van der Waals surface area (Å²) in [6.07, 6.45) is 10.9. The zero-order valence-electron chi connectivity index (χ0n) is 10.7. The maximum absolute atomic E-state index is 11.4. The Morgan fingerprint density at radius 3 is 1.88 bits per heavy atom. The number of ether oxygens (including phenoxy) is 1. The Hall–Kier alpha value is -0.860. The lowest BCUT2D eigenvalue weighted by atomic mass is 10.1. The zero-order chi connectivity index (χ0) is 12.3. The molecule has 0 N–H and O–H groups in total. The molecule has 0 aromatic rings. The van der Waals surface area contributed by atoms with Gasteiger partial charge in [-0.15, -0.1) is 0 Å². The third-order valence-electron chi connectivity index (χ3n) is 3.20. The van der Waals surface area contributed by atoms with E-state index in [0.29, 0.717) is 13.0 Å². The molecule has 0 aliphatic carbocycles.